The van der Waals surface area contributed by atoms with Crippen molar-refractivity contribution in [3.8, 4) is 0 Å². The number of anilines is 1. The van der Waals surface area contributed by atoms with E-state index in [-0.39, 0.29) is 11.7 Å². The van der Waals surface area contributed by atoms with E-state index < -0.39 is 6.17 Å². The maximum atomic E-state index is 14.3. The van der Waals surface area contributed by atoms with Crippen LogP contribution in [0.15, 0.2) is 24.3 Å². The first-order valence-corrected chi connectivity index (χ1v) is 10.8. The van der Waals surface area contributed by atoms with Crippen LogP contribution in [0.1, 0.15) is 43.0 Å². The predicted molar refractivity (Wildman–Crippen MR) is 115 cm³/mol. The van der Waals surface area contributed by atoms with Crippen molar-refractivity contribution in [2.45, 2.75) is 50.9 Å². The summed E-state index contributed by atoms with van der Waals surface area (Å²) in [6.45, 7) is 4.92. The molecule has 8 heteroatoms. The van der Waals surface area contributed by atoms with Crippen LogP contribution in [0.25, 0.3) is 10.9 Å². The number of nitrogens with two attached hydrogens (primary N) is 1. The van der Waals surface area contributed by atoms with Gasteiger partial charge in [-0.05, 0) is 50.8 Å². The zero-order valence-electron chi connectivity index (χ0n) is 17.4. The molecule has 0 bridgehead atoms. The molecule has 2 aromatic rings. The fraction of sp³-hybridized carbons (Fsp3) is 0.545. The number of piperidine rings is 1. The minimum absolute atomic E-state index is 0.333. The number of carbonyl (C=O) groups is 1. The Morgan fingerprint density at radius 2 is 1.93 bits per heavy atom. The average Bonchev–Trinajstić information content (AvgIpc) is 2.74. The third kappa shape index (κ3) is 4.71. The average molecular weight is 416 g/mol. The van der Waals surface area contributed by atoms with Crippen LogP contribution >= 0.6 is 0 Å². The van der Waals surface area contributed by atoms with Gasteiger partial charge < -0.3 is 26.0 Å². The van der Waals surface area contributed by atoms with Crippen LogP contribution in [-0.4, -0.2) is 55.4 Å². The minimum Gasteiger partial charge on any atom is -0.381 e. The van der Waals surface area contributed by atoms with Gasteiger partial charge in [0.2, 0.25) is 0 Å². The zero-order chi connectivity index (χ0) is 21.1. The minimum atomic E-state index is -0.504. The summed E-state index contributed by atoms with van der Waals surface area (Å²) in [5.74, 6) is -0.128. The molecule has 1 amide bonds. The van der Waals surface area contributed by atoms with Gasteiger partial charge in [0.1, 0.15) is 11.6 Å². The summed E-state index contributed by atoms with van der Waals surface area (Å²) in [7, 11) is 0. The number of rotatable bonds is 5. The van der Waals surface area contributed by atoms with Crippen LogP contribution in [-0.2, 0) is 4.74 Å². The fourth-order valence-electron chi connectivity index (χ4n) is 4.30. The largest absolute Gasteiger partial charge is 0.381 e. The smallest absolute Gasteiger partial charge is 0.256 e. The van der Waals surface area contributed by atoms with Crippen molar-refractivity contribution < 1.29 is 13.9 Å². The summed E-state index contributed by atoms with van der Waals surface area (Å²) < 4.78 is 19.8. The number of pyridine rings is 1. The van der Waals surface area contributed by atoms with Gasteiger partial charge in [-0.15, -0.1) is 0 Å². The van der Waals surface area contributed by atoms with E-state index in [1.165, 1.54) is 6.07 Å². The molecule has 2 aliphatic rings. The Balaban J connectivity index is 1.54. The lowest BCUT2D eigenvalue weighted by Crippen LogP contribution is -2.48. The first kappa shape index (κ1) is 21.0. The SMILES string of the molecule is CC(N)NC(=O)c1cc2c(F)cccc2nc1N1CCC(NC2CCOCC2)CC1. The van der Waals surface area contributed by atoms with E-state index in [2.05, 4.69) is 20.5 Å². The van der Waals surface area contributed by atoms with Crippen LogP contribution in [0.3, 0.4) is 0 Å². The van der Waals surface area contributed by atoms with Gasteiger partial charge in [-0.25, -0.2) is 9.37 Å². The van der Waals surface area contributed by atoms with Crippen molar-refractivity contribution in [2.75, 3.05) is 31.2 Å². The number of amides is 1. The Labute approximate surface area is 176 Å². The van der Waals surface area contributed by atoms with Crippen molar-refractivity contribution in [2.24, 2.45) is 5.73 Å². The number of halogens is 1. The molecule has 1 atom stereocenters. The van der Waals surface area contributed by atoms with Gasteiger partial charge in [-0.2, -0.15) is 0 Å². The summed E-state index contributed by atoms with van der Waals surface area (Å²) in [5, 5.41) is 6.81. The second-order valence-corrected chi connectivity index (χ2v) is 8.24. The zero-order valence-corrected chi connectivity index (χ0v) is 17.4. The summed E-state index contributed by atoms with van der Waals surface area (Å²) in [6.07, 6.45) is 3.54. The lowest BCUT2D eigenvalue weighted by Gasteiger charge is -2.36. The monoisotopic (exact) mass is 415 g/mol. The Bertz CT molecular complexity index is 892. The molecule has 2 saturated heterocycles. The fourth-order valence-corrected chi connectivity index (χ4v) is 4.30. The van der Waals surface area contributed by atoms with Gasteiger partial charge >= 0.3 is 0 Å². The van der Waals surface area contributed by atoms with E-state index in [0.717, 1.165) is 52.0 Å². The number of hydrogen-bond donors (Lipinski definition) is 3. The van der Waals surface area contributed by atoms with E-state index in [4.69, 9.17) is 10.5 Å². The highest BCUT2D eigenvalue weighted by molar-refractivity contribution is 6.02. The molecule has 0 saturated carbocycles. The molecule has 1 unspecified atom stereocenters. The molecule has 162 valence electrons. The van der Waals surface area contributed by atoms with Crippen molar-refractivity contribution in [3.63, 3.8) is 0 Å². The van der Waals surface area contributed by atoms with Crippen molar-refractivity contribution in [3.05, 3.63) is 35.6 Å². The van der Waals surface area contributed by atoms with Crippen LogP contribution in [0.2, 0.25) is 0 Å². The quantitative estimate of drug-likeness (QED) is 0.648. The van der Waals surface area contributed by atoms with Gasteiger partial charge in [-0.3, -0.25) is 4.79 Å². The Morgan fingerprint density at radius 3 is 2.63 bits per heavy atom. The molecule has 3 heterocycles. The molecule has 1 aromatic carbocycles. The van der Waals surface area contributed by atoms with Crippen LogP contribution in [0.5, 0.6) is 0 Å². The molecule has 7 nitrogen and oxygen atoms in total. The lowest BCUT2D eigenvalue weighted by molar-refractivity contribution is 0.0738. The number of ether oxygens (including phenoxy) is 1. The van der Waals surface area contributed by atoms with E-state index in [0.29, 0.717) is 34.4 Å². The number of nitrogens with zero attached hydrogens (tertiary/aromatic N) is 2. The van der Waals surface area contributed by atoms with Gasteiger partial charge in [0.15, 0.2) is 0 Å². The maximum Gasteiger partial charge on any atom is 0.256 e. The molecule has 0 spiro atoms. The topological polar surface area (TPSA) is 92.5 Å². The third-order valence-corrected chi connectivity index (χ3v) is 5.88. The maximum absolute atomic E-state index is 14.3. The Morgan fingerprint density at radius 1 is 1.23 bits per heavy atom. The first-order chi connectivity index (χ1) is 14.5. The van der Waals surface area contributed by atoms with Gasteiger partial charge in [0, 0.05) is 43.8 Å². The van der Waals surface area contributed by atoms with Crippen molar-refractivity contribution in [1.29, 1.82) is 0 Å². The van der Waals surface area contributed by atoms with Crippen LogP contribution < -0.4 is 21.3 Å². The molecule has 0 radical (unpaired) electrons. The number of aromatic nitrogens is 1. The predicted octanol–water partition coefficient (Wildman–Crippen LogP) is 2.15. The number of nitrogens with one attached hydrogen (secondary N) is 2. The molecular formula is C22H30FN5O2. The second-order valence-electron chi connectivity index (χ2n) is 8.24. The molecule has 0 aliphatic carbocycles. The van der Waals surface area contributed by atoms with Crippen molar-refractivity contribution in [1.82, 2.24) is 15.6 Å². The van der Waals surface area contributed by atoms with Gasteiger partial charge in [0.05, 0.1) is 17.2 Å². The number of carbonyl (C=O) groups excluding carboxylic acids is 1. The van der Waals surface area contributed by atoms with Gasteiger partial charge in [-0.1, -0.05) is 6.07 Å². The third-order valence-electron chi connectivity index (χ3n) is 5.88. The molecule has 30 heavy (non-hydrogen) atoms. The van der Waals surface area contributed by atoms with Crippen LogP contribution in [0.4, 0.5) is 10.2 Å². The molecule has 2 fully saturated rings. The van der Waals surface area contributed by atoms with E-state index >= 15 is 0 Å². The van der Waals surface area contributed by atoms with Gasteiger partial charge in [0.25, 0.3) is 5.91 Å². The highest BCUT2D eigenvalue weighted by Crippen LogP contribution is 2.28. The summed E-state index contributed by atoms with van der Waals surface area (Å²) in [5.41, 5.74) is 6.66. The highest BCUT2D eigenvalue weighted by Gasteiger charge is 2.27. The number of hydrogen-bond acceptors (Lipinski definition) is 6. The van der Waals surface area contributed by atoms with E-state index in [1.54, 1.807) is 25.1 Å². The standard InChI is InChI=1S/C22H30FN5O2/c1-14(24)25-22(29)18-13-17-19(23)3-2-4-20(17)27-21(18)28-9-5-15(6-10-28)26-16-7-11-30-12-8-16/h2-4,13-16,26H,5-12,24H2,1H3,(H,25,29). The van der Waals surface area contributed by atoms with E-state index in [9.17, 15) is 9.18 Å². The van der Waals surface area contributed by atoms with E-state index in [1.807, 2.05) is 0 Å². The Hall–Kier alpha value is -2.29. The first-order valence-electron chi connectivity index (χ1n) is 10.8. The second kappa shape index (κ2) is 9.24. The molecule has 2 aliphatic heterocycles. The summed E-state index contributed by atoms with van der Waals surface area (Å²) >= 11 is 0. The lowest BCUT2D eigenvalue weighted by atomic mass is 10.0. The number of fused-ring (bicyclic) bond motifs is 1. The molecular weight excluding hydrogens is 385 g/mol. The van der Waals surface area contributed by atoms with Crippen LogP contribution in [0, 0.1) is 5.82 Å². The normalized spacial score (nSPS) is 19.8. The summed E-state index contributed by atoms with van der Waals surface area (Å²) in [6, 6.07) is 7.35. The molecule has 1 aromatic heterocycles. The Kier molecular flexibility index (Phi) is 6.46. The van der Waals surface area contributed by atoms with Crippen molar-refractivity contribution >= 4 is 22.6 Å². The molecule has 4 rings (SSSR count). The summed E-state index contributed by atoms with van der Waals surface area (Å²) in [4.78, 5) is 19.6. The highest BCUT2D eigenvalue weighted by atomic mass is 19.1. The number of benzene rings is 1. The molecule has 4 N–H and O–H groups in total.